The Hall–Kier alpha value is -2.74. The van der Waals surface area contributed by atoms with Crippen molar-refractivity contribution in [2.24, 2.45) is 0 Å². The molecule has 0 saturated heterocycles. The Kier molecular flexibility index (Phi) is 5.55. The van der Waals surface area contributed by atoms with Crippen LogP contribution in [0.25, 0.3) is 0 Å². The van der Waals surface area contributed by atoms with Crippen molar-refractivity contribution in [2.75, 3.05) is 6.26 Å². The predicted molar refractivity (Wildman–Crippen MR) is 101 cm³/mol. The maximum Gasteiger partial charge on any atom is 0.258 e. The highest BCUT2D eigenvalue weighted by atomic mass is 32.2. The minimum atomic E-state index is -3.26. The average molecular weight is 387 g/mol. The Morgan fingerprint density at radius 3 is 2.63 bits per heavy atom. The van der Waals surface area contributed by atoms with Gasteiger partial charge in [0.25, 0.3) is 5.91 Å². The van der Waals surface area contributed by atoms with Gasteiger partial charge in [-0.3, -0.25) is 4.79 Å². The van der Waals surface area contributed by atoms with Gasteiger partial charge < -0.3 is 10.1 Å². The van der Waals surface area contributed by atoms with Gasteiger partial charge in [-0.15, -0.1) is 0 Å². The third-order valence-electron chi connectivity index (χ3n) is 3.89. The van der Waals surface area contributed by atoms with Crippen LogP contribution in [-0.4, -0.2) is 36.6 Å². The number of para-hydroxylation sites is 1. The minimum Gasteiger partial charge on any atom is -0.438 e. The molecule has 1 fully saturated rings. The Morgan fingerprint density at radius 1 is 1.30 bits per heavy atom. The number of carbonyl (C=O) groups excluding carboxylic acids is 1. The highest BCUT2D eigenvalue weighted by molar-refractivity contribution is 7.93. The number of nitrogens with one attached hydrogen (secondary N) is 1. The number of amides is 1. The highest BCUT2D eigenvalue weighted by Crippen LogP contribution is 2.39. The molecule has 0 bridgehead atoms. The van der Waals surface area contributed by atoms with Crippen LogP contribution in [-0.2, 0) is 9.84 Å². The number of carbonyl (C=O) groups is 1. The smallest absolute Gasteiger partial charge is 0.258 e. The fraction of sp³-hybridized carbons (Fsp3) is 0.316. The first kappa shape index (κ1) is 19.0. The first-order valence-corrected chi connectivity index (χ1v) is 10.6. The zero-order valence-electron chi connectivity index (χ0n) is 15.1. The SMILES string of the molecule is C[C@@H](/C=C/S(C)(=O)=O)NC(=O)c1cnc(C2CC2)nc1Oc1ccccc1. The number of nitrogens with zero attached hydrogens (tertiary/aromatic N) is 2. The van der Waals surface area contributed by atoms with E-state index in [1.165, 1.54) is 12.3 Å². The molecule has 142 valence electrons. The molecular weight excluding hydrogens is 366 g/mol. The molecule has 0 radical (unpaired) electrons. The first-order chi connectivity index (χ1) is 12.8. The van der Waals surface area contributed by atoms with Gasteiger partial charge in [-0.25, -0.2) is 13.4 Å². The van der Waals surface area contributed by atoms with Crippen LogP contribution in [0.4, 0.5) is 0 Å². The first-order valence-electron chi connectivity index (χ1n) is 8.61. The normalized spacial score (nSPS) is 15.5. The third-order valence-corrected chi connectivity index (χ3v) is 4.54. The van der Waals surface area contributed by atoms with E-state index in [0.29, 0.717) is 17.5 Å². The minimum absolute atomic E-state index is 0.190. The average Bonchev–Trinajstić information content (AvgIpc) is 3.45. The van der Waals surface area contributed by atoms with E-state index in [2.05, 4.69) is 15.3 Å². The summed E-state index contributed by atoms with van der Waals surface area (Å²) in [5, 5.41) is 3.77. The number of rotatable bonds is 7. The Morgan fingerprint density at radius 2 is 2.00 bits per heavy atom. The van der Waals surface area contributed by atoms with Gasteiger partial charge in [0.1, 0.15) is 17.1 Å². The van der Waals surface area contributed by atoms with E-state index >= 15 is 0 Å². The molecule has 27 heavy (non-hydrogen) atoms. The maximum absolute atomic E-state index is 12.6. The molecule has 3 rings (SSSR count). The van der Waals surface area contributed by atoms with Gasteiger partial charge in [-0.1, -0.05) is 24.3 Å². The number of aromatic nitrogens is 2. The van der Waals surface area contributed by atoms with Gasteiger partial charge in [-0.2, -0.15) is 4.98 Å². The van der Waals surface area contributed by atoms with E-state index < -0.39 is 21.8 Å². The van der Waals surface area contributed by atoms with Gasteiger partial charge in [-0.05, 0) is 31.9 Å². The fourth-order valence-electron chi connectivity index (χ4n) is 2.34. The van der Waals surface area contributed by atoms with Crippen molar-refractivity contribution in [1.29, 1.82) is 0 Å². The van der Waals surface area contributed by atoms with E-state index in [-0.39, 0.29) is 11.4 Å². The maximum atomic E-state index is 12.6. The molecule has 1 aromatic heterocycles. The Balaban J connectivity index is 1.82. The lowest BCUT2D eigenvalue weighted by Crippen LogP contribution is -2.31. The van der Waals surface area contributed by atoms with Crippen LogP contribution in [0.15, 0.2) is 48.0 Å². The quantitative estimate of drug-likeness (QED) is 0.784. The highest BCUT2D eigenvalue weighted by Gasteiger charge is 2.28. The molecule has 1 heterocycles. The molecule has 1 saturated carbocycles. The molecule has 1 aliphatic rings. The van der Waals surface area contributed by atoms with Crippen LogP contribution in [0, 0.1) is 0 Å². The summed E-state index contributed by atoms with van der Waals surface area (Å²) in [4.78, 5) is 21.4. The molecule has 8 heteroatoms. The number of hydrogen-bond donors (Lipinski definition) is 1. The Bertz CT molecular complexity index is 954. The monoisotopic (exact) mass is 387 g/mol. The number of hydrogen-bond acceptors (Lipinski definition) is 6. The van der Waals surface area contributed by atoms with Gasteiger partial charge in [0.2, 0.25) is 5.88 Å². The molecule has 2 aromatic rings. The lowest BCUT2D eigenvalue weighted by molar-refractivity contribution is 0.0943. The topological polar surface area (TPSA) is 98.2 Å². The van der Waals surface area contributed by atoms with Crippen LogP contribution in [0.2, 0.25) is 0 Å². The summed E-state index contributed by atoms with van der Waals surface area (Å²) in [6.07, 6.45) is 6.02. The largest absolute Gasteiger partial charge is 0.438 e. The second-order valence-electron chi connectivity index (χ2n) is 6.56. The molecular formula is C19H21N3O4S. The van der Waals surface area contributed by atoms with Crippen molar-refractivity contribution in [3.05, 3.63) is 59.4 Å². The van der Waals surface area contributed by atoms with Crippen molar-refractivity contribution in [1.82, 2.24) is 15.3 Å². The molecule has 1 amide bonds. The van der Waals surface area contributed by atoms with Crippen molar-refractivity contribution < 1.29 is 17.9 Å². The summed E-state index contributed by atoms with van der Waals surface area (Å²) in [7, 11) is -3.26. The zero-order chi connectivity index (χ0) is 19.4. The van der Waals surface area contributed by atoms with Crippen LogP contribution in [0.3, 0.4) is 0 Å². The third kappa shape index (κ3) is 5.62. The Labute approximate surface area is 158 Å². The molecule has 1 atom stereocenters. The van der Waals surface area contributed by atoms with Crippen LogP contribution in [0.5, 0.6) is 11.6 Å². The molecule has 1 N–H and O–H groups in total. The fourth-order valence-corrected chi connectivity index (χ4v) is 2.87. The lowest BCUT2D eigenvalue weighted by atomic mass is 10.2. The van der Waals surface area contributed by atoms with Gasteiger partial charge >= 0.3 is 0 Å². The van der Waals surface area contributed by atoms with Crippen molar-refractivity contribution in [2.45, 2.75) is 31.7 Å². The summed E-state index contributed by atoms with van der Waals surface area (Å²) >= 11 is 0. The van der Waals surface area contributed by atoms with Crippen LogP contribution in [0.1, 0.15) is 41.9 Å². The molecule has 1 aromatic carbocycles. The van der Waals surface area contributed by atoms with E-state index in [0.717, 1.165) is 24.5 Å². The second kappa shape index (κ2) is 7.87. The van der Waals surface area contributed by atoms with Gasteiger partial charge in [0.15, 0.2) is 9.84 Å². The van der Waals surface area contributed by atoms with E-state index in [9.17, 15) is 13.2 Å². The van der Waals surface area contributed by atoms with Crippen LogP contribution >= 0.6 is 0 Å². The van der Waals surface area contributed by atoms with Crippen molar-refractivity contribution in [3.8, 4) is 11.6 Å². The molecule has 1 aliphatic carbocycles. The number of benzene rings is 1. The molecule has 0 spiro atoms. The van der Waals surface area contributed by atoms with Crippen molar-refractivity contribution in [3.63, 3.8) is 0 Å². The van der Waals surface area contributed by atoms with Crippen molar-refractivity contribution >= 4 is 15.7 Å². The number of ether oxygens (including phenoxy) is 1. The zero-order valence-corrected chi connectivity index (χ0v) is 15.9. The van der Waals surface area contributed by atoms with E-state index in [1.54, 1.807) is 19.1 Å². The predicted octanol–water partition coefficient (Wildman–Crippen LogP) is 2.82. The summed E-state index contributed by atoms with van der Waals surface area (Å²) in [6, 6.07) is 8.59. The summed E-state index contributed by atoms with van der Waals surface area (Å²) in [5.41, 5.74) is 0.197. The van der Waals surface area contributed by atoms with E-state index in [1.807, 2.05) is 18.2 Å². The standard InChI is InChI=1S/C19H21N3O4S/c1-13(10-11-27(2,24)25)21-18(23)16-12-20-17(14-8-9-14)22-19(16)26-15-6-4-3-5-7-15/h3-7,10-14H,8-9H2,1-2H3,(H,21,23)/b11-10+/t13-/m0/s1. The summed E-state index contributed by atoms with van der Waals surface area (Å²) in [6.45, 7) is 1.68. The molecule has 0 unspecified atom stereocenters. The van der Waals surface area contributed by atoms with Crippen LogP contribution < -0.4 is 10.1 Å². The molecule has 7 nitrogen and oxygen atoms in total. The molecule has 0 aliphatic heterocycles. The summed E-state index contributed by atoms with van der Waals surface area (Å²) < 4.78 is 28.3. The van der Waals surface area contributed by atoms with Gasteiger partial charge in [0.05, 0.1) is 0 Å². The lowest BCUT2D eigenvalue weighted by Gasteiger charge is -2.13. The number of sulfone groups is 1. The second-order valence-corrected chi connectivity index (χ2v) is 8.49. The van der Waals surface area contributed by atoms with E-state index in [4.69, 9.17) is 4.74 Å². The van der Waals surface area contributed by atoms with Gasteiger partial charge in [0, 0.05) is 29.8 Å². The summed E-state index contributed by atoms with van der Waals surface area (Å²) in [5.74, 6) is 1.31.